The first-order valence-electron chi connectivity index (χ1n) is 4.48. The number of hydrogen-bond acceptors (Lipinski definition) is 4. The second-order valence-electron chi connectivity index (χ2n) is 3.22. The minimum atomic E-state index is -0.305. The van der Waals surface area contributed by atoms with Crippen LogP contribution in [0.1, 0.15) is 24.6 Å². The van der Waals surface area contributed by atoms with E-state index in [9.17, 15) is 4.79 Å². The lowest BCUT2D eigenvalue weighted by Crippen LogP contribution is -2.20. The highest BCUT2D eigenvalue weighted by molar-refractivity contribution is 9.10. The van der Waals surface area contributed by atoms with Crippen LogP contribution in [0.5, 0.6) is 0 Å². The van der Waals surface area contributed by atoms with E-state index in [0.717, 1.165) is 0 Å². The zero-order valence-electron chi connectivity index (χ0n) is 7.74. The Morgan fingerprint density at radius 3 is 3.13 bits per heavy atom. The summed E-state index contributed by atoms with van der Waals surface area (Å²) in [5.74, 6) is 0.188. The molecule has 6 heteroatoms. The van der Waals surface area contributed by atoms with E-state index >= 15 is 0 Å². The molecular formula is C9H8BrClN2O2. The molecule has 0 spiro atoms. The Morgan fingerprint density at radius 2 is 2.40 bits per heavy atom. The number of carbonyl (C=O) groups excluding carboxylic acids is 1. The Morgan fingerprint density at radius 1 is 1.60 bits per heavy atom. The maximum atomic E-state index is 11.3. The molecule has 1 unspecified atom stereocenters. The van der Waals surface area contributed by atoms with Gasteiger partial charge in [-0.05, 0) is 27.5 Å². The Kier molecular flexibility index (Phi) is 3.33. The first-order valence-corrected chi connectivity index (χ1v) is 5.65. The maximum Gasteiger partial charge on any atom is 0.222 e. The number of ether oxygens (including phenoxy) is 1. The number of aromatic nitrogens is 2. The van der Waals surface area contributed by atoms with Gasteiger partial charge in [0, 0.05) is 19.0 Å². The molecule has 1 saturated heterocycles. The molecule has 1 atom stereocenters. The van der Waals surface area contributed by atoms with Crippen molar-refractivity contribution in [2.24, 2.45) is 0 Å². The van der Waals surface area contributed by atoms with Gasteiger partial charge in [-0.2, -0.15) is 0 Å². The van der Waals surface area contributed by atoms with Crippen molar-refractivity contribution in [3.05, 3.63) is 21.6 Å². The smallest absolute Gasteiger partial charge is 0.222 e. The summed E-state index contributed by atoms with van der Waals surface area (Å²) in [7, 11) is 0. The molecule has 1 fully saturated rings. The van der Waals surface area contributed by atoms with Crippen LogP contribution in [0.2, 0.25) is 5.28 Å². The summed E-state index contributed by atoms with van der Waals surface area (Å²) in [5, 5.41) is 0.162. The van der Waals surface area contributed by atoms with E-state index in [0.29, 0.717) is 29.6 Å². The van der Waals surface area contributed by atoms with Crippen molar-refractivity contribution in [1.29, 1.82) is 0 Å². The Labute approximate surface area is 100 Å². The molecule has 4 nitrogen and oxygen atoms in total. The SMILES string of the molecule is O=C1CCOC(c2nc(Cl)ncc2Br)C1. The van der Waals surface area contributed by atoms with Gasteiger partial charge < -0.3 is 4.74 Å². The molecule has 1 aliphatic rings. The quantitative estimate of drug-likeness (QED) is 0.745. The van der Waals surface area contributed by atoms with Crippen LogP contribution in [-0.2, 0) is 9.53 Å². The van der Waals surface area contributed by atoms with Gasteiger partial charge in [-0.3, -0.25) is 4.79 Å². The molecule has 0 N–H and O–H groups in total. The number of nitrogens with zero attached hydrogens (tertiary/aromatic N) is 2. The summed E-state index contributed by atoms with van der Waals surface area (Å²) in [5.41, 5.74) is 0.642. The number of rotatable bonds is 1. The first-order chi connectivity index (χ1) is 7.16. The van der Waals surface area contributed by atoms with Crippen molar-refractivity contribution in [3.8, 4) is 0 Å². The van der Waals surface area contributed by atoms with E-state index in [1.54, 1.807) is 6.20 Å². The Balaban J connectivity index is 2.27. The lowest BCUT2D eigenvalue weighted by molar-refractivity contribution is -0.128. The highest BCUT2D eigenvalue weighted by atomic mass is 79.9. The Hall–Kier alpha value is -0.520. The van der Waals surface area contributed by atoms with Crippen LogP contribution >= 0.6 is 27.5 Å². The van der Waals surface area contributed by atoms with Gasteiger partial charge in [0.15, 0.2) is 0 Å². The largest absolute Gasteiger partial charge is 0.371 e. The molecule has 0 saturated carbocycles. The fourth-order valence-corrected chi connectivity index (χ4v) is 2.03. The molecule has 0 amide bonds. The monoisotopic (exact) mass is 290 g/mol. The number of Topliss-reactive ketones (excluding diaryl/α,β-unsaturated/α-hetero) is 1. The second kappa shape index (κ2) is 4.55. The fraction of sp³-hybridized carbons (Fsp3) is 0.444. The highest BCUT2D eigenvalue weighted by Crippen LogP contribution is 2.30. The van der Waals surface area contributed by atoms with Crippen LogP contribution in [0.4, 0.5) is 0 Å². The summed E-state index contributed by atoms with van der Waals surface area (Å²) >= 11 is 9.00. The third kappa shape index (κ3) is 2.53. The Bertz CT molecular complexity index is 400. The van der Waals surface area contributed by atoms with Crippen LogP contribution in [-0.4, -0.2) is 22.4 Å². The third-order valence-electron chi connectivity index (χ3n) is 2.16. The molecule has 1 aliphatic heterocycles. The molecule has 2 heterocycles. The van der Waals surface area contributed by atoms with Crippen molar-refractivity contribution in [1.82, 2.24) is 9.97 Å². The molecule has 0 aromatic carbocycles. The average Bonchev–Trinajstić information content (AvgIpc) is 2.22. The van der Waals surface area contributed by atoms with Gasteiger partial charge in [0.05, 0.1) is 16.8 Å². The zero-order chi connectivity index (χ0) is 10.8. The van der Waals surface area contributed by atoms with Crippen molar-refractivity contribution in [3.63, 3.8) is 0 Å². The average molecular weight is 292 g/mol. The van der Waals surface area contributed by atoms with Gasteiger partial charge in [-0.15, -0.1) is 0 Å². The molecule has 1 aromatic heterocycles. The van der Waals surface area contributed by atoms with Gasteiger partial charge in [-0.1, -0.05) is 0 Å². The molecule has 2 rings (SSSR count). The normalized spacial score (nSPS) is 21.7. The highest BCUT2D eigenvalue weighted by Gasteiger charge is 2.25. The molecule has 80 valence electrons. The van der Waals surface area contributed by atoms with E-state index in [1.165, 1.54) is 0 Å². The van der Waals surface area contributed by atoms with Crippen LogP contribution in [0.3, 0.4) is 0 Å². The fourth-order valence-electron chi connectivity index (χ4n) is 1.44. The first kappa shape index (κ1) is 11.0. The molecule has 0 radical (unpaired) electrons. The van der Waals surface area contributed by atoms with E-state index in [4.69, 9.17) is 16.3 Å². The van der Waals surface area contributed by atoms with Gasteiger partial charge >= 0.3 is 0 Å². The number of hydrogen-bond donors (Lipinski definition) is 0. The predicted octanol–water partition coefficient (Wildman–Crippen LogP) is 2.31. The van der Waals surface area contributed by atoms with Gasteiger partial charge in [-0.25, -0.2) is 9.97 Å². The minimum Gasteiger partial charge on any atom is -0.371 e. The third-order valence-corrected chi connectivity index (χ3v) is 2.95. The van der Waals surface area contributed by atoms with Crippen molar-refractivity contribution >= 4 is 33.3 Å². The van der Waals surface area contributed by atoms with Crippen molar-refractivity contribution < 1.29 is 9.53 Å². The van der Waals surface area contributed by atoms with Crippen molar-refractivity contribution in [2.45, 2.75) is 18.9 Å². The van der Waals surface area contributed by atoms with Crippen molar-refractivity contribution in [2.75, 3.05) is 6.61 Å². The van der Waals surface area contributed by atoms with E-state index in [2.05, 4.69) is 25.9 Å². The van der Waals surface area contributed by atoms with E-state index < -0.39 is 0 Å². The van der Waals surface area contributed by atoms with Gasteiger partial charge in [0.1, 0.15) is 11.9 Å². The lowest BCUT2D eigenvalue weighted by Gasteiger charge is -2.21. The van der Waals surface area contributed by atoms with Crippen LogP contribution < -0.4 is 0 Å². The second-order valence-corrected chi connectivity index (χ2v) is 4.42. The number of ketones is 1. The maximum absolute atomic E-state index is 11.3. The summed E-state index contributed by atoms with van der Waals surface area (Å²) < 4.78 is 6.18. The summed E-state index contributed by atoms with van der Waals surface area (Å²) in [6.45, 7) is 0.442. The zero-order valence-corrected chi connectivity index (χ0v) is 10.1. The van der Waals surface area contributed by atoms with Crippen LogP contribution in [0.25, 0.3) is 0 Å². The van der Waals surface area contributed by atoms with Gasteiger partial charge in [0.25, 0.3) is 0 Å². The van der Waals surface area contributed by atoms with Gasteiger partial charge in [0.2, 0.25) is 5.28 Å². The molecule has 0 aliphatic carbocycles. The predicted molar refractivity (Wildman–Crippen MR) is 57.7 cm³/mol. The molecule has 0 bridgehead atoms. The summed E-state index contributed by atoms with van der Waals surface area (Å²) in [6, 6.07) is 0. The standard InChI is InChI=1S/C9H8BrClN2O2/c10-6-4-12-9(11)13-8(6)7-3-5(14)1-2-15-7/h4,7H,1-3H2. The minimum absolute atomic E-state index is 0.162. The van der Waals surface area contributed by atoms with E-state index in [-0.39, 0.29) is 17.2 Å². The summed E-state index contributed by atoms with van der Waals surface area (Å²) in [6.07, 6.45) is 2.09. The molecular weight excluding hydrogens is 283 g/mol. The molecule has 1 aromatic rings. The lowest BCUT2D eigenvalue weighted by atomic mass is 10.1. The topological polar surface area (TPSA) is 52.1 Å². The van der Waals surface area contributed by atoms with E-state index in [1.807, 2.05) is 0 Å². The number of carbonyl (C=O) groups is 1. The summed E-state index contributed by atoms with van der Waals surface area (Å²) in [4.78, 5) is 19.2. The number of halogens is 2. The van der Waals surface area contributed by atoms with Crippen LogP contribution in [0.15, 0.2) is 10.7 Å². The van der Waals surface area contributed by atoms with Crippen LogP contribution in [0, 0.1) is 0 Å². The molecule has 15 heavy (non-hydrogen) atoms.